The lowest BCUT2D eigenvalue weighted by atomic mass is 9.95. The van der Waals surface area contributed by atoms with Crippen molar-refractivity contribution in [2.45, 2.75) is 12.8 Å². The molecule has 0 radical (unpaired) electrons. The number of anilines is 2. The van der Waals surface area contributed by atoms with Crippen LogP contribution in [0.15, 0.2) is 174 Å². The molecule has 0 atom stereocenters. The molecule has 1 heterocycles. The van der Waals surface area contributed by atoms with Gasteiger partial charge < -0.3 is 9.32 Å². The molecule has 0 unspecified atom stereocenters. The Morgan fingerprint density at radius 1 is 0.604 bits per heavy atom. The van der Waals surface area contributed by atoms with Crippen LogP contribution in [0.1, 0.15) is 12.8 Å². The monoisotopic (exact) mass is 613 g/mol. The topological polar surface area (TPSA) is 16.4 Å². The van der Waals surface area contributed by atoms with Gasteiger partial charge in [0.25, 0.3) is 0 Å². The van der Waals surface area contributed by atoms with Gasteiger partial charge in [0.15, 0.2) is 5.58 Å². The fourth-order valence-corrected chi connectivity index (χ4v) is 7.08. The number of hydrogen-bond donors (Lipinski definition) is 0. The fourth-order valence-electron chi connectivity index (χ4n) is 7.08. The summed E-state index contributed by atoms with van der Waals surface area (Å²) >= 11 is 0. The molecule has 48 heavy (non-hydrogen) atoms. The summed E-state index contributed by atoms with van der Waals surface area (Å²) in [7, 11) is 0. The maximum absolute atomic E-state index is 6.46. The van der Waals surface area contributed by atoms with Crippen LogP contribution in [0.4, 0.5) is 11.4 Å². The smallest absolute Gasteiger partial charge is 0.152 e. The number of fused-ring (bicyclic) bond motifs is 4. The number of nitrogens with zero attached hydrogens (tertiary/aromatic N) is 1. The van der Waals surface area contributed by atoms with Crippen LogP contribution in [0.25, 0.3) is 66.1 Å². The minimum absolute atomic E-state index is 0.835. The predicted octanol–water partition coefficient (Wildman–Crippen LogP) is 12.7. The van der Waals surface area contributed by atoms with Gasteiger partial charge >= 0.3 is 0 Å². The first-order valence-corrected chi connectivity index (χ1v) is 16.5. The second kappa shape index (κ2) is 11.8. The van der Waals surface area contributed by atoms with Crippen molar-refractivity contribution in [3.8, 4) is 33.4 Å². The van der Waals surface area contributed by atoms with Gasteiger partial charge in [-0.25, -0.2) is 0 Å². The Bertz CT molecular complexity index is 2510. The van der Waals surface area contributed by atoms with E-state index in [-0.39, 0.29) is 0 Å². The molecule has 0 saturated heterocycles. The molecule has 1 aromatic heterocycles. The average Bonchev–Trinajstić information content (AvgIpc) is 3.55. The summed E-state index contributed by atoms with van der Waals surface area (Å²) in [6.45, 7) is 0. The van der Waals surface area contributed by atoms with E-state index in [1.807, 2.05) is 18.2 Å². The molecule has 0 fully saturated rings. The Morgan fingerprint density at radius 3 is 2.25 bits per heavy atom. The van der Waals surface area contributed by atoms with Gasteiger partial charge in [-0.05, 0) is 82.3 Å². The van der Waals surface area contributed by atoms with Crippen molar-refractivity contribution in [1.29, 1.82) is 0 Å². The second-order valence-corrected chi connectivity index (χ2v) is 12.3. The van der Waals surface area contributed by atoms with E-state index in [2.05, 4.69) is 163 Å². The SMILES string of the molecule is c1cc2c(oc3ccccc32)c(-c2ccccc2N(C2=CC=CCC2)c2ccc(-c3cccc(-c4cccc5ccccc45)c3)cc2)c#1. The van der Waals surface area contributed by atoms with Gasteiger partial charge in [0.1, 0.15) is 5.58 Å². The lowest BCUT2D eigenvalue weighted by Crippen LogP contribution is -2.18. The van der Waals surface area contributed by atoms with Gasteiger partial charge in [0.05, 0.1) is 11.3 Å². The van der Waals surface area contributed by atoms with Crippen molar-refractivity contribution >= 4 is 44.1 Å². The van der Waals surface area contributed by atoms with Crippen molar-refractivity contribution in [2.24, 2.45) is 0 Å². The minimum Gasteiger partial charge on any atom is -0.455 e. The van der Waals surface area contributed by atoms with Crippen molar-refractivity contribution in [1.82, 2.24) is 0 Å². The highest BCUT2D eigenvalue weighted by molar-refractivity contribution is 6.10. The van der Waals surface area contributed by atoms with Crippen molar-refractivity contribution < 1.29 is 4.42 Å². The minimum atomic E-state index is 0.835. The molecule has 0 N–H and O–H groups in total. The van der Waals surface area contributed by atoms with E-state index >= 15 is 0 Å². The van der Waals surface area contributed by atoms with E-state index < -0.39 is 0 Å². The number of para-hydroxylation sites is 2. The van der Waals surface area contributed by atoms with E-state index in [1.54, 1.807) is 0 Å². The molecule has 2 heteroatoms. The van der Waals surface area contributed by atoms with Crippen LogP contribution in [0.5, 0.6) is 0 Å². The highest BCUT2D eigenvalue weighted by Crippen LogP contribution is 2.43. The zero-order valence-corrected chi connectivity index (χ0v) is 26.4. The normalized spacial score (nSPS) is 12.7. The summed E-state index contributed by atoms with van der Waals surface area (Å²) in [4.78, 5) is 2.39. The van der Waals surface area contributed by atoms with Gasteiger partial charge in [-0.2, -0.15) is 0 Å². The fraction of sp³-hybridized carbons (Fsp3) is 0.0435. The summed E-state index contributed by atoms with van der Waals surface area (Å²) in [5, 5.41) is 4.66. The lowest BCUT2D eigenvalue weighted by Gasteiger charge is -2.30. The van der Waals surface area contributed by atoms with Crippen LogP contribution in [-0.2, 0) is 0 Å². The van der Waals surface area contributed by atoms with Crippen LogP contribution < -0.4 is 4.90 Å². The van der Waals surface area contributed by atoms with Crippen LogP contribution in [0.2, 0.25) is 0 Å². The zero-order chi connectivity index (χ0) is 31.9. The largest absolute Gasteiger partial charge is 0.455 e. The maximum Gasteiger partial charge on any atom is 0.152 e. The summed E-state index contributed by atoms with van der Waals surface area (Å²) in [5.74, 6) is 0. The Kier molecular flexibility index (Phi) is 6.88. The van der Waals surface area contributed by atoms with Gasteiger partial charge in [0, 0.05) is 33.8 Å². The van der Waals surface area contributed by atoms with Gasteiger partial charge in [-0.1, -0.05) is 133 Å². The van der Waals surface area contributed by atoms with Crippen molar-refractivity contribution in [2.75, 3.05) is 4.90 Å². The summed E-state index contributed by atoms with van der Waals surface area (Å²) < 4.78 is 6.46. The van der Waals surface area contributed by atoms with Gasteiger partial charge in [0.2, 0.25) is 0 Å². The van der Waals surface area contributed by atoms with Crippen LogP contribution >= 0.6 is 0 Å². The highest BCUT2D eigenvalue weighted by Gasteiger charge is 2.22. The van der Waals surface area contributed by atoms with E-state index in [0.29, 0.717) is 0 Å². The number of allylic oxidation sites excluding steroid dienone is 4. The predicted molar refractivity (Wildman–Crippen MR) is 200 cm³/mol. The lowest BCUT2D eigenvalue weighted by molar-refractivity contribution is 0.670. The Morgan fingerprint density at radius 2 is 1.35 bits per heavy atom. The first-order chi connectivity index (χ1) is 23.8. The molecule has 2 nitrogen and oxygen atoms in total. The first kappa shape index (κ1) is 28.0. The number of rotatable bonds is 6. The molecular formula is C46H31NO. The molecular weight excluding hydrogens is 583 g/mol. The van der Waals surface area contributed by atoms with Crippen LogP contribution in [-0.4, -0.2) is 0 Å². The molecule has 9 rings (SSSR count). The second-order valence-electron chi connectivity index (χ2n) is 12.3. The van der Waals surface area contributed by atoms with E-state index in [9.17, 15) is 0 Å². The molecule has 226 valence electrons. The molecule has 0 aliphatic heterocycles. The van der Waals surface area contributed by atoms with E-state index in [0.717, 1.165) is 57.3 Å². The molecule has 0 amide bonds. The Balaban J connectivity index is 1.14. The molecule has 8 aromatic rings. The van der Waals surface area contributed by atoms with Crippen molar-refractivity contribution in [3.63, 3.8) is 0 Å². The van der Waals surface area contributed by atoms with E-state index in [4.69, 9.17) is 4.42 Å². The van der Waals surface area contributed by atoms with Gasteiger partial charge in [-0.15, -0.1) is 0 Å². The number of benzene rings is 6. The third-order valence-corrected chi connectivity index (χ3v) is 9.39. The summed E-state index contributed by atoms with van der Waals surface area (Å²) in [5.41, 5.74) is 12.0. The number of hydrogen-bond acceptors (Lipinski definition) is 2. The van der Waals surface area contributed by atoms with E-state index in [1.165, 1.54) is 38.7 Å². The van der Waals surface area contributed by atoms with Gasteiger partial charge in [-0.3, -0.25) is 0 Å². The molecule has 7 aromatic carbocycles. The summed E-state index contributed by atoms with van der Waals surface area (Å²) in [6, 6.07) is 58.4. The maximum atomic E-state index is 6.46. The van der Waals surface area contributed by atoms with Crippen LogP contribution in [0.3, 0.4) is 0 Å². The average molecular weight is 614 g/mol. The Hall–Kier alpha value is -6.30. The zero-order valence-electron chi connectivity index (χ0n) is 26.4. The third kappa shape index (κ3) is 4.85. The first-order valence-electron chi connectivity index (χ1n) is 16.5. The molecule has 1 aliphatic carbocycles. The van der Waals surface area contributed by atoms with Crippen LogP contribution in [0, 0.1) is 12.1 Å². The highest BCUT2D eigenvalue weighted by atomic mass is 16.3. The number of furan rings is 1. The molecule has 0 spiro atoms. The Labute approximate surface area is 280 Å². The molecule has 0 saturated carbocycles. The molecule has 0 bridgehead atoms. The third-order valence-electron chi connectivity index (χ3n) is 9.39. The quantitative estimate of drug-likeness (QED) is 0.185. The standard InChI is InChI=1S/C46H31NO/c1-2-17-36(18-3-1)47(44-25-8-6-20-40(44)42-23-12-24-43-41-21-7-9-26-45(41)48-46(42)43)37-29-27-32(28-30-37)34-15-10-16-35(31-34)39-22-11-14-33-13-4-5-19-38(33)39/h1-2,4-11,13-17,19-22,24-31H,3,18H2. The summed E-state index contributed by atoms with van der Waals surface area (Å²) in [6.07, 6.45) is 8.59. The van der Waals surface area contributed by atoms with Crippen molar-refractivity contribution in [3.05, 3.63) is 182 Å². The molecule has 1 aliphatic rings.